The SMILES string of the molecule is CC1(C)C[C@H]2C3=CC[C@@H]4[C@@]5(C)CC[C@H](O)[C@](C)(CO)[C@@H]5CC[C@@]4(C)[C@]3(C)CC[C@@]2(C)[C@@H](O)[C@@H]1O. The summed E-state index contributed by atoms with van der Waals surface area (Å²) in [5.41, 5.74) is 0.920. The van der Waals surface area contributed by atoms with Gasteiger partial charge < -0.3 is 20.4 Å². The normalized spacial score (nSPS) is 58.6. The van der Waals surface area contributed by atoms with Crippen LogP contribution in [0.2, 0.25) is 0 Å². The zero-order valence-corrected chi connectivity index (χ0v) is 22.7. The van der Waals surface area contributed by atoms with Gasteiger partial charge in [-0.3, -0.25) is 0 Å². The summed E-state index contributed by atoms with van der Waals surface area (Å²) >= 11 is 0. The molecule has 0 radical (unpaired) electrons. The van der Waals surface area contributed by atoms with E-state index in [4.69, 9.17) is 0 Å². The number of rotatable bonds is 1. The highest BCUT2D eigenvalue weighted by Crippen LogP contribution is 2.75. The smallest absolute Gasteiger partial charge is 0.0863 e. The molecule has 0 aromatic rings. The summed E-state index contributed by atoms with van der Waals surface area (Å²) in [7, 11) is 0. The number of hydrogen-bond acceptors (Lipinski definition) is 4. The quantitative estimate of drug-likeness (QED) is 0.399. The third-order valence-electron chi connectivity index (χ3n) is 13.5. The average Bonchev–Trinajstić information content (AvgIpc) is 2.77. The van der Waals surface area contributed by atoms with E-state index in [-0.39, 0.29) is 33.7 Å². The fraction of sp³-hybridized carbons (Fsp3) is 0.933. The lowest BCUT2D eigenvalue weighted by Crippen LogP contribution is -2.67. The van der Waals surface area contributed by atoms with Crippen LogP contribution in [-0.2, 0) is 0 Å². The van der Waals surface area contributed by atoms with Gasteiger partial charge in [0.15, 0.2) is 0 Å². The van der Waals surface area contributed by atoms with Crippen molar-refractivity contribution >= 4 is 0 Å². The highest BCUT2D eigenvalue weighted by molar-refractivity contribution is 5.34. The van der Waals surface area contributed by atoms with Crippen LogP contribution < -0.4 is 0 Å². The first-order valence-electron chi connectivity index (χ1n) is 14.0. The molecule has 0 aromatic carbocycles. The minimum Gasteiger partial charge on any atom is -0.396 e. The number of aliphatic hydroxyl groups excluding tert-OH is 4. The van der Waals surface area contributed by atoms with Gasteiger partial charge in [-0.05, 0) is 90.8 Å². The Kier molecular flexibility index (Phi) is 5.44. The number of fused-ring (bicyclic) bond motifs is 7. The largest absolute Gasteiger partial charge is 0.396 e. The Morgan fingerprint density at radius 2 is 1.47 bits per heavy atom. The highest BCUT2D eigenvalue weighted by Gasteiger charge is 2.69. The molecule has 4 N–H and O–H groups in total. The molecule has 5 rings (SSSR count). The lowest BCUT2D eigenvalue weighted by atomic mass is 9.33. The molecule has 194 valence electrons. The topological polar surface area (TPSA) is 80.9 Å². The molecular formula is C30H50O4. The third-order valence-corrected chi connectivity index (χ3v) is 13.5. The molecule has 0 bridgehead atoms. The van der Waals surface area contributed by atoms with Crippen molar-refractivity contribution in [1.82, 2.24) is 0 Å². The van der Waals surface area contributed by atoms with Crippen molar-refractivity contribution in [3.63, 3.8) is 0 Å². The Morgan fingerprint density at radius 3 is 2.12 bits per heavy atom. The molecular weight excluding hydrogens is 424 g/mol. The third kappa shape index (κ3) is 2.81. The fourth-order valence-electron chi connectivity index (χ4n) is 10.7. The second kappa shape index (κ2) is 7.33. The zero-order chi connectivity index (χ0) is 25.1. The van der Waals surface area contributed by atoms with Crippen molar-refractivity contribution in [2.24, 2.45) is 50.2 Å². The lowest BCUT2D eigenvalue weighted by Gasteiger charge is -2.72. The average molecular weight is 475 g/mol. The molecule has 4 saturated carbocycles. The van der Waals surface area contributed by atoms with Crippen LogP contribution in [0.5, 0.6) is 0 Å². The molecule has 34 heavy (non-hydrogen) atoms. The van der Waals surface area contributed by atoms with Gasteiger partial charge in [0.25, 0.3) is 0 Å². The molecule has 0 saturated heterocycles. The first-order valence-corrected chi connectivity index (χ1v) is 14.0. The highest BCUT2D eigenvalue weighted by atomic mass is 16.3. The van der Waals surface area contributed by atoms with Crippen molar-refractivity contribution < 1.29 is 20.4 Å². The summed E-state index contributed by atoms with van der Waals surface area (Å²) in [6.07, 6.45) is 8.79. The van der Waals surface area contributed by atoms with Crippen molar-refractivity contribution in [2.75, 3.05) is 6.61 Å². The van der Waals surface area contributed by atoms with E-state index < -0.39 is 23.7 Å². The molecule has 0 spiro atoms. The van der Waals surface area contributed by atoms with E-state index in [1.54, 1.807) is 5.57 Å². The van der Waals surface area contributed by atoms with Gasteiger partial charge >= 0.3 is 0 Å². The van der Waals surface area contributed by atoms with Crippen molar-refractivity contribution in [3.05, 3.63) is 11.6 Å². The predicted octanol–water partition coefficient (Wildman–Crippen LogP) is 5.08. The van der Waals surface area contributed by atoms with E-state index in [0.717, 1.165) is 51.4 Å². The maximum absolute atomic E-state index is 11.3. The first-order chi connectivity index (χ1) is 15.6. The minimum atomic E-state index is -0.685. The number of aliphatic hydroxyl groups is 4. The van der Waals surface area contributed by atoms with Crippen molar-refractivity contribution in [1.29, 1.82) is 0 Å². The van der Waals surface area contributed by atoms with Crippen molar-refractivity contribution in [3.8, 4) is 0 Å². The van der Waals surface area contributed by atoms with Crippen LogP contribution in [0.25, 0.3) is 0 Å². The second-order valence-electron chi connectivity index (χ2n) is 15.2. The van der Waals surface area contributed by atoms with Crippen LogP contribution in [0.1, 0.15) is 99.8 Å². The van der Waals surface area contributed by atoms with Crippen molar-refractivity contribution in [2.45, 2.75) is 118 Å². The predicted molar refractivity (Wildman–Crippen MR) is 135 cm³/mol. The molecule has 5 aliphatic carbocycles. The Labute approximate surface area is 207 Å². The molecule has 4 fully saturated rings. The monoisotopic (exact) mass is 474 g/mol. The van der Waals surface area contributed by atoms with E-state index in [1.807, 2.05) is 0 Å². The van der Waals surface area contributed by atoms with Gasteiger partial charge in [-0.25, -0.2) is 0 Å². The van der Waals surface area contributed by atoms with Crippen LogP contribution in [0, 0.1) is 50.2 Å². The van der Waals surface area contributed by atoms with Crippen LogP contribution in [0.3, 0.4) is 0 Å². The number of hydrogen-bond donors (Lipinski definition) is 4. The van der Waals surface area contributed by atoms with E-state index in [2.05, 4.69) is 54.5 Å². The molecule has 0 unspecified atom stereocenters. The fourth-order valence-corrected chi connectivity index (χ4v) is 10.7. The molecule has 0 aliphatic heterocycles. The summed E-state index contributed by atoms with van der Waals surface area (Å²) < 4.78 is 0. The minimum absolute atomic E-state index is 0.0614. The first kappa shape index (κ1) is 25.2. The van der Waals surface area contributed by atoms with E-state index in [9.17, 15) is 20.4 Å². The summed E-state index contributed by atoms with van der Waals surface area (Å²) in [6.45, 7) is 16.2. The van der Waals surface area contributed by atoms with Gasteiger partial charge in [-0.1, -0.05) is 60.1 Å². The lowest BCUT2D eigenvalue weighted by molar-refractivity contribution is -0.225. The molecule has 4 heteroatoms. The van der Waals surface area contributed by atoms with E-state index in [0.29, 0.717) is 17.8 Å². The summed E-state index contributed by atoms with van der Waals surface area (Å²) in [5, 5.41) is 43.6. The van der Waals surface area contributed by atoms with Crippen LogP contribution in [-0.4, -0.2) is 45.3 Å². The zero-order valence-electron chi connectivity index (χ0n) is 22.7. The Hall–Kier alpha value is -0.420. The summed E-state index contributed by atoms with van der Waals surface area (Å²) in [4.78, 5) is 0. The van der Waals surface area contributed by atoms with E-state index in [1.165, 1.54) is 0 Å². The Morgan fingerprint density at radius 1 is 0.794 bits per heavy atom. The van der Waals surface area contributed by atoms with Crippen LogP contribution >= 0.6 is 0 Å². The Balaban J connectivity index is 1.58. The number of allylic oxidation sites excluding steroid dienone is 2. The molecule has 0 aromatic heterocycles. The van der Waals surface area contributed by atoms with E-state index >= 15 is 0 Å². The standard InChI is InChI=1S/C30H50O4/c1-25(2)16-19-18-8-9-21-27(4)12-11-22(32)28(5,17-31)20(27)10-13-30(21,7)29(18,6)15-14-26(19,3)24(34)23(25)33/h8,19-24,31-34H,9-17H2,1-7H3/t19-,20+,21+,22-,23-,24-,26+,27-,28+,29+,30+/m0/s1. The Bertz CT molecular complexity index is 881. The van der Waals surface area contributed by atoms with Crippen LogP contribution in [0.15, 0.2) is 11.6 Å². The van der Waals surface area contributed by atoms with Crippen LogP contribution in [0.4, 0.5) is 0 Å². The summed E-state index contributed by atoms with van der Waals surface area (Å²) in [6, 6.07) is 0. The van der Waals surface area contributed by atoms with Gasteiger partial charge in [0.1, 0.15) is 0 Å². The van der Waals surface area contributed by atoms with Gasteiger partial charge in [-0.15, -0.1) is 0 Å². The maximum atomic E-state index is 11.3. The van der Waals surface area contributed by atoms with Gasteiger partial charge in [-0.2, -0.15) is 0 Å². The van der Waals surface area contributed by atoms with Gasteiger partial charge in [0.05, 0.1) is 24.9 Å². The molecule has 0 amide bonds. The second-order valence-corrected chi connectivity index (χ2v) is 15.2. The molecule has 5 aliphatic rings. The van der Waals surface area contributed by atoms with Gasteiger partial charge in [0, 0.05) is 10.8 Å². The summed E-state index contributed by atoms with van der Waals surface area (Å²) in [5.74, 6) is 1.17. The van der Waals surface area contributed by atoms with Gasteiger partial charge in [0.2, 0.25) is 0 Å². The molecule has 11 atom stereocenters. The molecule has 4 nitrogen and oxygen atoms in total. The molecule has 0 heterocycles. The maximum Gasteiger partial charge on any atom is 0.0863 e.